The summed E-state index contributed by atoms with van der Waals surface area (Å²) in [4.78, 5) is 12.4. The van der Waals surface area contributed by atoms with Gasteiger partial charge in [-0.15, -0.1) is 0 Å². The lowest BCUT2D eigenvalue weighted by atomic mass is 10.1. The summed E-state index contributed by atoms with van der Waals surface area (Å²) in [5.41, 5.74) is 3.39. The number of ether oxygens (including phenoxy) is 1. The first kappa shape index (κ1) is 19.2. The van der Waals surface area contributed by atoms with E-state index in [1.54, 1.807) is 37.6 Å². The van der Waals surface area contributed by atoms with Crippen LogP contribution in [0.3, 0.4) is 0 Å². The van der Waals surface area contributed by atoms with Gasteiger partial charge in [-0.3, -0.25) is 4.79 Å². The van der Waals surface area contributed by atoms with Crippen molar-refractivity contribution < 1.29 is 9.53 Å². The Morgan fingerprint density at radius 3 is 2.27 bits per heavy atom. The third-order valence-corrected chi connectivity index (χ3v) is 4.62. The molecule has 5 heteroatoms. The molecule has 0 aliphatic carbocycles. The van der Waals surface area contributed by atoms with E-state index in [1.165, 1.54) is 6.08 Å². The molecule has 0 atom stereocenters. The molecule has 1 aromatic heterocycles. The van der Waals surface area contributed by atoms with Gasteiger partial charge in [0.2, 0.25) is 0 Å². The molecule has 0 radical (unpaired) electrons. The average molecular weight is 395 g/mol. The van der Waals surface area contributed by atoms with E-state index in [1.807, 2.05) is 71.4 Å². The molecule has 3 aromatic carbocycles. The Bertz CT molecular complexity index is 1150. The second-order valence-electron chi connectivity index (χ2n) is 6.60. The van der Waals surface area contributed by atoms with Crippen LogP contribution in [0.25, 0.3) is 16.9 Å². The summed E-state index contributed by atoms with van der Waals surface area (Å²) >= 11 is 0. The highest BCUT2D eigenvalue weighted by atomic mass is 16.5. The molecule has 0 aliphatic rings. The molecule has 5 nitrogen and oxygen atoms in total. The van der Waals surface area contributed by atoms with Crippen molar-refractivity contribution >= 4 is 11.6 Å². The first-order chi connectivity index (χ1) is 14.7. The molecule has 30 heavy (non-hydrogen) atoms. The van der Waals surface area contributed by atoms with Crippen molar-refractivity contribution in [1.82, 2.24) is 9.78 Å². The van der Waals surface area contributed by atoms with Crippen LogP contribution in [-0.2, 0) is 0 Å². The number of nitrogens with one attached hydrogen (secondary N) is 1. The lowest BCUT2D eigenvalue weighted by molar-refractivity contribution is 0.104. The minimum Gasteiger partial charge on any atom is -0.497 e. The van der Waals surface area contributed by atoms with E-state index >= 15 is 0 Å². The fraction of sp³-hybridized carbons (Fsp3) is 0.0400. The van der Waals surface area contributed by atoms with E-state index in [9.17, 15) is 4.79 Å². The Morgan fingerprint density at radius 2 is 1.60 bits per heavy atom. The van der Waals surface area contributed by atoms with Crippen molar-refractivity contribution in [3.8, 4) is 22.7 Å². The molecule has 0 fully saturated rings. The third-order valence-electron chi connectivity index (χ3n) is 4.62. The zero-order valence-corrected chi connectivity index (χ0v) is 16.5. The number of rotatable bonds is 7. The molecule has 0 saturated heterocycles. The highest BCUT2D eigenvalue weighted by Crippen LogP contribution is 2.24. The van der Waals surface area contributed by atoms with Gasteiger partial charge in [-0.05, 0) is 36.4 Å². The lowest BCUT2D eigenvalue weighted by Crippen LogP contribution is -2.02. The van der Waals surface area contributed by atoms with Crippen LogP contribution in [0.2, 0.25) is 0 Å². The van der Waals surface area contributed by atoms with Gasteiger partial charge in [0, 0.05) is 29.5 Å². The predicted octanol–water partition coefficient (Wildman–Crippen LogP) is 5.36. The van der Waals surface area contributed by atoms with Crippen LogP contribution in [0.15, 0.2) is 103 Å². The van der Waals surface area contributed by atoms with E-state index in [0.717, 1.165) is 22.8 Å². The standard InChI is InChI=1S/C25H21N3O2/c1-30-22-14-12-20(13-15-22)24(29)16-17-26-25-18-23(19-8-4-2-5-9-19)27-28(25)21-10-6-3-7-11-21/h2-18,26H,1H3. The molecule has 4 rings (SSSR count). The second kappa shape index (κ2) is 8.92. The number of hydrogen-bond donors (Lipinski definition) is 1. The molecular weight excluding hydrogens is 374 g/mol. The molecule has 0 saturated carbocycles. The Labute approximate surface area is 175 Å². The van der Waals surface area contributed by atoms with Crippen LogP contribution in [0.5, 0.6) is 5.75 Å². The van der Waals surface area contributed by atoms with Crippen molar-refractivity contribution in [2.24, 2.45) is 0 Å². The van der Waals surface area contributed by atoms with Gasteiger partial charge in [-0.2, -0.15) is 5.10 Å². The van der Waals surface area contributed by atoms with Gasteiger partial charge in [-0.25, -0.2) is 4.68 Å². The number of allylic oxidation sites excluding steroid dienone is 1. The van der Waals surface area contributed by atoms with Crippen molar-refractivity contribution in [3.63, 3.8) is 0 Å². The maximum absolute atomic E-state index is 12.4. The molecule has 0 bridgehead atoms. The number of anilines is 1. The van der Waals surface area contributed by atoms with Gasteiger partial charge in [0.15, 0.2) is 5.78 Å². The number of methoxy groups -OCH3 is 1. The molecule has 1 N–H and O–H groups in total. The van der Waals surface area contributed by atoms with E-state index in [-0.39, 0.29) is 5.78 Å². The molecule has 0 amide bonds. The van der Waals surface area contributed by atoms with Crippen LogP contribution in [0.4, 0.5) is 5.82 Å². The average Bonchev–Trinajstić information content (AvgIpc) is 3.24. The summed E-state index contributed by atoms with van der Waals surface area (Å²) in [6, 6.07) is 28.8. The summed E-state index contributed by atoms with van der Waals surface area (Å²) in [6.45, 7) is 0. The van der Waals surface area contributed by atoms with Crippen LogP contribution < -0.4 is 10.1 Å². The van der Waals surface area contributed by atoms with Crippen LogP contribution in [0.1, 0.15) is 10.4 Å². The number of hydrogen-bond acceptors (Lipinski definition) is 4. The molecule has 1 heterocycles. The van der Waals surface area contributed by atoms with Gasteiger partial charge in [0.05, 0.1) is 18.5 Å². The van der Waals surface area contributed by atoms with E-state index in [2.05, 4.69) is 5.32 Å². The monoisotopic (exact) mass is 395 g/mol. The summed E-state index contributed by atoms with van der Waals surface area (Å²) in [5.74, 6) is 1.38. The van der Waals surface area contributed by atoms with Gasteiger partial charge in [0.25, 0.3) is 0 Å². The number of ketones is 1. The topological polar surface area (TPSA) is 56.1 Å². The smallest absolute Gasteiger partial charge is 0.187 e. The summed E-state index contributed by atoms with van der Waals surface area (Å²) < 4.78 is 6.95. The highest BCUT2D eigenvalue weighted by molar-refractivity contribution is 6.04. The normalized spacial score (nSPS) is 10.8. The van der Waals surface area contributed by atoms with E-state index in [0.29, 0.717) is 11.3 Å². The van der Waals surface area contributed by atoms with E-state index in [4.69, 9.17) is 9.84 Å². The molecule has 0 unspecified atom stereocenters. The third kappa shape index (κ3) is 4.31. The van der Waals surface area contributed by atoms with E-state index < -0.39 is 0 Å². The predicted molar refractivity (Wildman–Crippen MR) is 119 cm³/mol. The number of carbonyl (C=O) groups is 1. The van der Waals surface area contributed by atoms with Crippen molar-refractivity contribution in [1.29, 1.82) is 0 Å². The first-order valence-corrected chi connectivity index (χ1v) is 9.57. The Hall–Kier alpha value is -4.12. The Balaban J connectivity index is 1.58. The molecule has 148 valence electrons. The largest absolute Gasteiger partial charge is 0.497 e. The van der Waals surface area contributed by atoms with Crippen molar-refractivity contribution in [2.45, 2.75) is 0 Å². The first-order valence-electron chi connectivity index (χ1n) is 9.57. The lowest BCUT2D eigenvalue weighted by Gasteiger charge is -2.06. The summed E-state index contributed by atoms with van der Waals surface area (Å²) in [6.07, 6.45) is 3.14. The maximum Gasteiger partial charge on any atom is 0.187 e. The molecule has 4 aromatic rings. The van der Waals surface area contributed by atoms with Crippen LogP contribution in [0, 0.1) is 0 Å². The fourth-order valence-corrected chi connectivity index (χ4v) is 3.05. The number of para-hydroxylation sites is 1. The van der Waals surface area contributed by atoms with Gasteiger partial charge >= 0.3 is 0 Å². The fourth-order valence-electron chi connectivity index (χ4n) is 3.05. The number of nitrogens with zero attached hydrogens (tertiary/aromatic N) is 2. The number of carbonyl (C=O) groups excluding carboxylic acids is 1. The maximum atomic E-state index is 12.4. The SMILES string of the molecule is COc1ccc(C(=O)C=CNc2cc(-c3ccccc3)nn2-c2ccccc2)cc1. The van der Waals surface area contributed by atoms with Crippen LogP contribution >= 0.6 is 0 Å². The zero-order chi connectivity index (χ0) is 20.8. The molecule has 0 aliphatic heterocycles. The second-order valence-corrected chi connectivity index (χ2v) is 6.60. The summed E-state index contributed by atoms with van der Waals surface area (Å²) in [5, 5.41) is 7.95. The Kier molecular flexibility index (Phi) is 5.71. The van der Waals surface area contributed by atoms with Gasteiger partial charge < -0.3 is 10.1 Å². The molecule has 0 spiro atoms. The minimum absolute atomic E-state index is 0.0980. The number of aromatic nitrogens is 2. The minimum atomic E-state index is -0.0980. The zero-order valence-electron chi connectivity index (χ0n) is 16.5. The van der Waals surface area contributed by atoms with Crippen LogP contribution in [-0.4, -0.2) is 22.7 Å². The highest BCUT2D eigenvalue weighted by Gasteiger charge is 2.10. The Morgan fingerprint density at radius 1 is 0.933 bits per heavy atom. The van der Waals surface area contributed by atoms with Gasteiger partial charge in [-0.1, -0.05) is 48.5 Å². The van der Waals surface area contributed by atoms with Crippen molar-refractivity contribution in [3.05, 3.63) is 109 Å². The molecular formula is C25H21N3O2. The summed E-state index contributed by atoms with van der Waals surface area (Å²) in [7, 11) is 1.60. The quantitative estimate of drug-likeness (QED) is 0.338. The van der Waals surface area contributed by atoms with Crippen molar-refractivity contribution in [2.75, 3.05) is 12.4 Å². The van der Waals surface area contributed by atoms with Gasteiger partial charge in [0.1, 0.15) is 11.6 Å². The number of benzene rings is 3.